The first-order valence-electron chi connectivity index (χ1n) is 7.61. The third kappa shape index (κ3) is 5.50. The molecule has 134 valence electrons. The highest BCUT2D eigenvalue weighted by atomic mass is 16.6. The standard InChI is InChI=1S/C17H16N4O5/c1-12-2-4-13(5-3-12)8-17(22)25-10-14-6-7-15(21(23)24)9-16(14)26-11-19-20-18/h2-7,9H,8,10-11H2,1H3. The molecule has 0 saturated carbocycles. The topological polar surface area (TPSA) is 127 Å². The van der Waals surface area contributed by atoms with E-state index in [-0.39, 0.29) is 31.2 Å². The number of azide groups is 1. The third-order valence-corrected chi connectivity index (χ3v) is 3.46. The van der Waals surface area contributed by atoms with Crippen LogP contribution in [0.25, 0.3) is 10.4 Å². The van der Waals surface area contributed by atoms with Crippen LogP contribution in [0.15, 0.2) is 47.6 Å². The second kappa shape index (κ2) is 9.05. The van der Waals surface area contributed by atoms with Crippen molar-refractivity contribution in [2.75, 3.05) is 6.73 Å². The molecule has 0 heterocycles. The normalized spacial score (nSPS) is 9.88. The first-order valence-corrected chi connectivity index (χ1v) is 7.61. The predicted molar refractivity (Wildman–Crippen MR) is 92.4 cm³/mol. The Morgan fingerprint density at radius 1 is 1.27 bits per heavy atom. The SMILES string of the molecule is Cc1ccc(CC(=O)OCc2ccc([N+](=O)[O-])cc2OCN=[N+]=[N-])cc1. The number of nitrogens with zero attached hydrogens (tertiary/aromatic N) is 4. The maximum absolute atomic E-state index is 12.0. The van der Waals surface area contributed by atoms with Gasteiger partial charge in [-0.15, -0.1) is 0 Å². The van der Waals surface area contributed by atoms with Crippen LogP contribution >= 0.6 is 0 Å². The van der Waals surface area contributed by atoms with Crippen LogP contribution in [0.1, 0.15) is 16.7 Å². The van der Waals surface area contributed by atoms with Crippen LogP contribution in [0.4, 0.5) is 5.69 Å². The molecule has 0 aliphatic carbocycles. The second-order valence-electron chi connectivity index (χ2n) is 5.38. The largest absolute Gasteiger partial charge is 0.487 e. The fourth-order valence-corrected chi connectivity index (χ4v) is 2.12. The molecule has 2 aromatic rings. The highest BCUT2D eigenvalue weighted by molar-refractivity contribution is 5.72. The van der Waals surface area contributed by atoms with Crippen LogP contribution in [0, 0.1) is 17.0 Å². The second-order valence-corrected chi connectivity index (χ2v) is 5.38. The van der Waals surface area contributed by atoms with E-state index in [2.05, 4.69) is 10.0 Å². The van der Waals surface area contributed by atoms with Crippen molar-refractivity contribution in [3.05, 3.63) is 79.7 Å². The molecule has 0 spiro atoms. The molecular formula is C17H16N4O5. The Morgan fingerprint density at radius 2 is 2.00 bits per heavy atom. The van der Waals surface area contributed by atoms with E-state index < -0.39 is 10.9 Å². The zero-order chi connectivity index (χ0) is 18.9. The molecule has 9 nitrogen and oxygen atoms in total. The fourth-order valence-electron chi connectivity index (χ4n) is 2.12. The molecule has 2 rings (SSSR count). The first-order chi connectivity index (χ1) is 12.5. The number of hydrogen-bond donors (Lipinski definition) is 0. The summed E-state index contributed by atoms with van der Waals surface area (Å²) in [5.74, 6) is -0.317. The Morgan fingerprint density at radius 3 is 2.65 bits per heavy atom. The first kappa shape index (κ1) is 18.8. The van der Waals surface area contributed by atoms with Gasteiger partial charge >= 0.3 is 5.97 Å². The lowest BCUT2D eigenvalue weighted by atomic mass is 10.1. The van der Waals surface area contributed by atoms with Crippen molar-refractivity contribution < 1.29 is 19.2 Å². The predicted octanol–water partition coefficient (Wildman–Crippen LogP) is 3.84. The van der Waals surface area contributed by atoms with E-state index >= 15 is 0 Å². The number of aryl methyl sites for hydroxylation is 1. The van der Waals surface area contributed by atoms with Gasteiger partial charge < -0.3 is 9.47 Å². The van der Waals surface area contributed by atoms with Gasteiger partial charge in [0.1, 0.15) is 12.4 Å². The van der Waals surface area contributed by atoms with Crippen molar-refractivity contribution in [1.29, 1.82) is 0 Å². The summed E-state index contributed by atoms with van der Waals surface area (Å²) in [6, 6.07) is 11.4. The minimum atomic E-state index is -0.576. The van der Waals surface area contributed by atoms with E-state index in [1.165, 1.54) is 18.2 Å². The van der Waals surface area contributed by atoms with E-state index in [4.69, 9.17) is 15.0 Å². The van der Waals surface area contributed by atoms with E-state index in [9.17, 15) is 14.9 Å². The average Bonchev–Trinajstić information content (AvgIpc) is 2.62. The summed E-state index contributed by atoms with van der Waals surface area (Å²) in [7, 11) is 0. The van der Waals surface area contributed by atoms with Gasteiger partial charge in [-0.05, 0) is 24.1 Å². The van der Waals surface area contributed by atoms with Gasteiger partial charge in [0.05, 0.1) is 17.4 Å². The van der Waals surface area contributed by atoms with Crippen LogP contribution in [-0.4, -0.2) is 17.6 Å². The van der Waals surface area contributed by atoms with Gasteiger partial charge in [0.2, 0.25) is 0 Å². The number of carbonyl (C=O) groups is 1. The number of carbonyl (C=O) groups excluding carboxylic acids is 1. The molecule has 0 fully saturated rings. The summed E-state index contributed by atoms with van der Waals surface area (Å²) in [5.41, 5.74) is 10.5. The molecule has 26 heavy (non-hydrogen) atoms. The molecule has 2 aromatic carbocycles. The van der Waals surface area contributed by atoms with Gasteiger partial charge in [0.25, 0.3) is 5.69 Å². The van der Waals surface area contributed by atoms with Crippen molar-refractivity contribution in [1.82, 2.24) is 0 Å². The molecule has 9 heteroatoms. The van der Waals surface area contributed by atoms with E-state index in [1.54, 1.807) is 0 Å². The summed E-state index contributed by atoms with van der Waals surface area (Å²) in [6.45, 7) is 1.50. The van der Waals surface area contributed by atoms with E-state index in [0.29, 0.717) is 5.56 Å². The van der Waals surface area contributed by atoms with Crippen molar-refractivity contribution in [3.63, 3.8) is 0 Å². The lowest BCUT2D eigenvalue weighted by molar-refractivity contribution is -0.385. The third-order valence-electron chi connectivity index (χ3n) is 3.46. The molecule has 0 aromatic heterocycles. The van der Waals surface area contributed by atoms with Crippen LogP contribution in [0.2, 0.25) is 0 Å². The number of nitro benzene ring substituents is 1. The Hall–Kier alpha value is -3.58. The number of esters is 1. The number of benzene rings is 2. The Labute approximate surface area is 148 Å². The smallest absolute Gasteiger partial charge is 0.310 e. The van der Waals surface area contributed by atoms with Crippen LogP contribution < -0.4 is 4.74 Å². The molecule has 0 aliphatic heterocycles. The quantitative estimate of drug-likeness (QED) is 0.177. The van der Waals surface area contributed by atoms with Crippen LogP contribution in [0.5, 0.6) is 5.75 Å². The van der Waals surface area contributed by atoms with Crippen LogP contribution in [0.3, 0.4) is 0 Å². The van der Waals surface area contributed by atoms with Crippen molar-refractivity contribution in [2.24, 2.45) is 5.11 Å². The molecule has 0 unspecified atom stereocenters. The van der Waals surface area contributed by atoms with Gasteiger partial charge in [0, 0.05) is 16.5 Å². The zero-order valence-electron chi connectivity index (χ0n) is 14.0. The Balaban J connectivity index is 2.04. The minimum absolute atomic E-state index is 0.113. The number of ether oxygens (including phenoxy) is 2. The summed E-state index contributed by atoms with van der Waals surface area (Å²) in [6.07, 6.45) is 0.113. The van der Waals surface area contributed by atoms with E-state index in [1.807, 2.05) is 31.2 Å². The van der Waals surface area contributed by atoms with Gasteiger partial charge in [-0.2, -0.15) is 0 Å². The number of hydrogen-bond acceptors (Lipinski definition) is 6. The highest BCUT2D eigenvalue weighted by Crippen LogP contribution is 2.26. The minimum Gasteiger partial charge on any atom is -0.487 e. The lowest BCUT2D eigenvalue weighted by Gasteiger charge is -2.10. The number of nitro groups is 1. The molecule has 0 bridgehead atoms. The van der Waals surface area contributed by atoms with Gasteiger partial charge in [-0.3, -0.25) is 14.9 Å². The molecule has 0 aliphatic rings. The zero-order valence-corrected chi connectivity index (χ0v) is 14.0. The average molecular weight is 356 g/mol. The fraction of sp³-hybridized carbons (Fsp3) is 0.235. The summed E-state index contributed by atoms with van der Waals surface area (Å²) in [4.78, 5) is 24.8. The lowest BCUT2D eigenvalue weighted by Crippen LogP contribution is -2.09. The number of non-ortho nitro benzene ring substituents is 1. The van der Waals surface area contributed by atoms with Gasteiger partial charge in [-0.25, -0.2) is 0 Å². The molecule has 0 atom stereocenters. The Bertz CT molecular complexity index is 845. The molecule has 0 saturated heterocycles. The molecular weight excluding hydrogens is 340 g/mol. The summed E-state index contributed by atoms with van der Waals surface area (Å²) >= 11 is 0. The highest BCUT2D eigenvalue weighted by Gasteiger charge is 2.14. The van der Waals surface area contributed by atoms with Crippen LogP contribution in [-0.2, 0) is 22.6 Å². The summed E-state index contributed by atoms with van der Waals surface area (Å²) in [5, 5.41) is 14.1. The molecule has 0 N–H and O–H groups in total. The maximum atomic E-state index is 12.0. The Kier molecular flexibility index (Phi) is 6.53. The number of rotatable bonds is 8. The van der Waals surface area contributed by atoms with Gasteiger partial charge in [0.15, 0.2) is 6.73 Å². The van der Waals surface area contributed by atoms with Crippen molar-refractivity contribution in [2.45, 2.75) is 20.0 Å². The molecule has 0 amide bonds. The van der Waals surface area contributed by atoms with Gasteiger partial charge in [-0.1, -0.05) is 34.9 Å². The van der Waals surface area contributed by atoms with E-state index in [0.717, 1.165) is 11.1 Å². The van der Waals surface area contributed by atoms with Crippen molar-refractivity contribution >= 4 is 11.7 Å². The molecule has 0 radical (unpaired) electrons. The van der Waals surface area contributed by atoms with Crippen molar-refractivity contribution in [3.8, 4) is 5.75 Å². The maximum Gasteiger partial charge on any atom is 0.310 e. The monoisotopic (exact) mass is 356 g/mol. The summed E-state index contributed by atoms with van der Waals surface area (Å²) < 4.78 is 10.4.